The number of hydrogen-bond acceptors (Lipinski definition) is 3. The molecule has 0 aromatic carbocycles. The van der Waals surface area contributed by atoms with E-state index in [1.54, 1.807) is 0 Å². The second-order valence-electron chi connectivity index (χ2n) is 17.5. The maximum atomic E-state index is 5.86. The van der Waals surface area contributed by atoms with E-state index in [9.17, 15) is 0 Å². The Morgan fingerprint density at radius 3 is 0.804 bits per heavy atom. The largest absolute Gasteiger partial charge is 0.379 e. The summed E-state index contributed by atoms with van der Waals surface area (Å²) in [6.45, 7) is 14.1. The van der Waals surface area contributed by atoms with Crippen LogP contribution in [0.5, 0.6) is 0 Å². The molecule has 308 valence electrons. The Morgan fingerprint density at radius 1 is 0.235 bits per heavy atom. The van der Waals surface area contributed by atoms with Crippen molar-refractivity contribution in [3.05, 3.63) is 0 Å². The Hall–Kier alpha value is -0.200. The van der Waals surface area contributed by atoms with Crippen LogP contribution in [0.2, 0.25) is 0 Å². The third-order valence-corrected chi connectivity index (χ3v) is 11.1. The topological polar surface area (TPSA) is 27.7 Å². The average Bonchev–Trinajstić information content (AvgIpc) is 3.10. The third-order valence-electron chi connectivity index (χ3n) is 11.1. The van der Waals surface area contributed by atoms with E-state index in [1.807, 2.05) is 0 Å². The molecule has 5 nitrogen and oxygen atoms in total. The van der Waals surface area contributed by atoms with Gasteiger partial charge in [0.1, 0.15) is 6.54 Å². The monoisotopic (exact) mass is 727 g/mol. The number of likely N-dealkylation sites (N-methyl/N-ethyl adjacent to an activating group) is 1. The zero-order valence-corrected chi connectivity index (χ0v) is 36.4. The van der Waals surface area contributed by atoms with Crippen LogP contribution in [0.1, 0.15) is 206 Å². The first-order valence-electron chi connectivity index (χ1n) is 23.2. The van der Waals surface area contributed by atoms with Crippen LogP contribution in [0.4, 0.5) is 0 Å². The molecule has 0 radical (unpaired) electrons. The first-order chi connectivity index (χ1) is 24.8. The Balaban J connectivity index is 3.31. The summed E-state index contributed by atoms with van der Waals surface area (Å²) in [5.74, 6) is 0. The van der Waals surface area contributed by atoms with Gasteiger partial charge < -0.3 is 23.2 Å². The molecule has 0 spiro atoms. The van der Waals surface area contributed by atoms with Gasteiger partial charge in [-0.3, -0.25) is 0 Å². The molecule has 0 aliphatic heterocycles. The summed E-state index contributed by atoms with van der Waals surface area (Å²) >= 11 is 0. The first kappa shape index (κ1) is 50.8. The molecule has 0 aromatic heterocycles. The second kappa shape index (κ2) is 39.5. The summed E-state index contributed by atoms with van der Waals surface area (Å²) in [6.07, 6.45) is 42.2. The molecule has 0 rings (SSSR count). The van der Waals surface area contributed by atoms with E-state index < -0.39 is 0 Å². The maximum Gasteiger partial charge on any atom is 0.102 e. The molecule has 0 unspecified atom stereocenters. The lowest BCUT2D eigenvalue weighted by Crippen LogP contribution is -2.43. The molecule has 0 aliphatic rings. The molecule has 0 atom stereocenters. The normalized spacial score (nSPS) is 12.4. The predicted molar refractivity (Wildman–Crippen MR) is 226 cm³/mol. The van der Waals surface area contributed by atoms with Crippen LogP contribution in [-0.4, -0.2) is 103 Å². The minimum absolute atomic E-state index is 0.673. The van der Waals surface area contributed by atoms with Gasteiger partial charge in [-0.2, -0.15) is 0 Å². The second-order valence-corrected chi connectivity index (χ2v) is 17.5. The van der Waals surface area contributed by atoms with Crippen molar-refractivity contribution in [2.75, 3.05) is 94.0 Å². The molecule has 0 saturated carbocycles. The van der Waals surface area contributed by atoms with Crippen LogP contribution < -0.4 is 0 Å². The quantitative estimate of drug-likeness (QED) is 0.0462. The van der Waals surface area contributed by atoms with Crippen molar-refractivity contribution in [3.63, 3.8) is 0 Å². The summed E-state index contributed by atoms with van der Waals surface area (Å²) in [4.78, 5) is 0. The van der Waals surface area contributed by atoms with E-state index in [0.29, 0.717) is 26.4 Å². The van der Waals surface area contributed by atoms with E-state index in [1.165, 1.54) is 217 Å². The fourth-order valence-corrected chi connectivity index (χ4v) is 7.29. The van der Waals surface area contributed by atoms with Crippen molar-refractivity contribution in [2.45, 2.75) is 206 Å². The number of hydrogen-bond donors (Lipinski definition) is 0. The zero-order valence-electron chi connectivity index (χ0n) is 36.4. The molecule has 51 heavy (non-hydrogen) atoms. The molecule has 0 heterocycles. The van der Waals surface area contributed by atoms with E-state index in [4.69, 9.17) is 14.2 Å². The average molecular weight is 727 g/mol. The van der Waals surface area contributed by atoms with Crippen LogP contribution in [0.3, 0.4) is 0 Å². The first-order valence-corrected chi connectivity index (χ1v) is 23.2. The third kappa shape index (κ3) is 42.4. The van der Waals surface area contributed by atoms with Crippen molar-refractivity contribution in [3.8, 4) is 0 Å². The highest BCUT2D eigenvalue weighted by molar-refractivity contribution is 4.51. The van der Waals surface area contributed by atoms with Gasteiger partial charge in [0, 0.05) is 6.61 Å². The number of ether oxygens (including phenoxy) is 3. The summed E-state index contributed by atoms with van der Waals surface area (Å²) in [5.41, 5.74) is 0. The minimum Gasteiger partial charge on any atom is -0.379 e. The highest BCUT2D eigenvalue weighted by atomic mass is 16.5. The summed E-state index contributed by atoms with van der Waals surface area (Å²) in [5, 5.41) is 0. The zero-order chi connectivity index (χ0) is 37.4. The van der Waals surface area contributed by atoms with Gasteiger partial charge in [-0.1, -0.05) is 162 Å². The molecule has 0 saturated heterocycles. The van der Waals surface area contributed by atoms with Gasteiger partial charge >= 0.3 is 0 Å². The number of quaternary nitrogens is 2. The van der Waals surface area contributed by atoms with Gasteiger partial charge in [-0.25, -0.2) is 0 Å². The lowest BCUT2D eigenvalue weighted by molar-refractivity contribution is -0.891. The number of nitrogens with zero attached hydrogens (tertiary/aromatic N) is 2. The van der Waals surface area contributed by atoms with Crippen molar-refractivity contribution < 1.29 is 23.2 Å². The van der Waals surface area contributed by atoms with E-state index >= 15 is 0 Å². The number of rotatable bonds is 44. The fourth-order valence-electron chi connectivity index (χ4n) is 7.29. The predicted octanol–water partition coefficient (Wildman–Crippen LogP) is 12.9. The van der Waals surface area contributed by atoms with Gasteiger partial charge in [0.05, 0.1) is 80.9 Å². The SMILES string of the molecule is CCCCCCCCCCCC[N+](C)(C)CCCCCCCCCCCCOCCOCCOCC[N+](C)(C)CCCCCCCCCCCC. The number of unbranched alkanes of at least 4 members (excludes halogenated alkanes) is 27. The van der Waals surface area contributed by atoms with E-state index in [-0.39, 0.29) is 0 Å². The van der Waals surface area contributed by atoms with Crippen molar-refractivity contribution in [1.82, 2.24) is 0 Å². The highest BCUT2D eigenvalue weighted by Gasteiger charge is 2.15. The highest BCUT2D eigenvalue weighted by Crippen LogP contribution is 2.15. The van der Waals surface area contributed by atoms with Gasteiger partial charge in [0.2, 0.25) is 0 Å². The van der Waals surface area contributed by atoms with Gasteiger partial charge in [-0.15, -0.1) is 0 Å². The summed E-state index contributed by atoms with van der Waals surface area (Å²) < 4.78 is 19.6. The van der Waals surface area contributed by atoms with E-state index in [0.717, 1.165) is 24.2 Å². The molecule has 0 aliphatic carbocycles. The van der Waals surface area contributed by atoms with Crippen molar-refractivity contribution >= 4 is 0 Å². The molecule has 0 fully saturated rings. The molecule has 0 amide bonds. The van der Waals surface area contributed by atoms with E-state index in [2.05, 4.69) is 42.0 Å². The lowest BCUT2D eigenvalue weighted by Gasteiger charge is -2.30. The smallest absolute Gasteiger partial charge is 0.102 e. The molecular weight excluding hydrogens is 629 g/mol. The molecular formula is C46H98N2O3+2. The fraction of sp³-hybridized carbons (Fsp3) is 1.00. The molecule has 0 aromatic rings. The van der Waals surface area contributed by atoms with Crippen LogP contribution in [0.15, 0.2) is 0 Å². The van der Waals surface area contributed by atoms with Gasteiger partial charge in [0.15, 0.2) is 0 Å². The maximum absolute atomic E-state index is 5.86. The molecule has 5 heteroatoms. The Bertz CT molecular complexity index is 602. The van der Waals surface area contributed by atoms with Crippen molar-refractivity contribution in [2.24, 2.45) is 0 Å². The van der Waals surface area contributed by atoms with Gasteiger partial charge in [0.25, 0.3) is 0 Å². The van der Waals surface area contributed by atoms with Crippen molar-refractivity contribution in [1.29, 1.82) is 0 Å². The molecule has 0 bridgehead atoms. The van der Waals surface area contributed by atoms with Crippen LogP contribution >= 0.6 is 0 Å². The standard InChI is InChI=1S/C46H98N2O3/c1-7-9-11-13-15-17-21-25-29-33-37-47(3,4)38-34-30-26-23-19-20-24-28-32-36-41-49-43-45-51-46-44-50-42-40-48(5,6)39-35-31-27-22-18-16-14-12-10-8-2/h7-46H2,1-6H3/q+2. The van der Waals surface area contributed by atoms with Crippen LogP contribution in [0, 0.1) is 0 Å². The Kier molecular flexibility index (Phi) is 39.3. The Morgan fingerprint density at radius 2 is 0.471 bits per heavy atom. The van der Waals surface area contributed by atoms with Crippen LogP contribution in [-0.2, 0) is 14.2 Å². The summed E-state index contributed by atoms with van der Waals surface area (Å²) in [7, 11) is 9.58. The minimum atomic E-state index is 0.673. The van der Waals surface area contributed by atoms with Crippen LogP contribution in [0.25, 0.3) is 0 Å². The molecule has 0 N–H and O–H groups in total. The summed E-state index contributed by atoms with van der Waals surface area (Å²) in [6, 6.07) is 0. The lowest BCUT2D eigenvalue weighted by atomic mass is 10.1. The van der Waals surface area contributed by atoms with Gasteiger partial charge in [-0.05, 0) is 44.9 Å². The Labute approximate surface area is 322 Å².